The van der Waals surface area contributed by atoms with E-state index in [1.54, 1.807) is 0 Å². The molecule has 0 radical (unpaired) electrons. The number of carbonyl (C=O) groups is 1. The molecule has 76 valence electrons. The van der Waals surface area contributed by atoms with Crippen LogP contribution in [0.25, 0.3) is 10.9 Å². The number of aromatic nitrogens is 1. The summed E-state index contributed by atoms with van der Waals surface area (Å²) in [7, 11) is 0. The lowest BCUT2D eigenvalue weighted by atomic mass is 10.0. The van der Waals surface area contributed by atoms with E-state index < -0.39 is 5.97 Å². The summed E-state index contributed by atoms with van der Waals surface area (Å²) in [5.41, 5.74) is 2.25. The first-order valence-electron chi connectivity index (χ1n) is 5.06. The van der Waals surface area contributed by atoms with Gasteiger partial charge in [0, 0.05) is 17.1 Å². The number of hydrogen-bond donors (Lipinski definition) is 2. The highest BCUT2D eigenvalue weighted by atomic mass is 16.4. The molecule has 0 aliphatic heterocycles. The van der Waals surface area contributed by atoms with E-state index in [1.807, 2.05) is 30.5 Å². The van der Waals surface area contributed by atoms with Crippen LogP contribution < -0.4 is 0 Å². The van der Waals surface area contributed by atoms with E-state index >= 15 is 0 Å². The minimum atomic E-state index is -0.674. The van der Waals surface area contributed by atoms with Crippen LogP contribution in [-0.4, -0.2) is 16.1 Å². The Morgan fingerprint density at radius 3 is 3.00 bits per heavy atom. The number of aliphatic carboxylic acids is 1. The number of benzene rings is 1. The molecule has 2 atom stereocenters. The molecule has 1 aliphatic rings. The van der Waals surface area contributed by atoms with Crippen LogP contribution in [0.15, 0.2) is 30.5 Å². The standard InChI is InChI=1S/C12H11NO2/c14-12(15)10-6-9(10)7-2-1-3-11-8(7)4-5-13-11/h1-5,9-10,13H,6H2,(H,14,15)/t9-,10+/m0/s1. The minimum absolute atomic E-state index is 0.175. The molecular formula is C12H11NO2. The maximum absolute atomic E-state index is 10.8. The van der Waals surface area contributed by atoms with Crippen molar-refractivity contribution in [3.63, 3.8) is 0 Å². The van der Waals surface area contributed by atoms with Gasteiger partial charge in [-0.05, 0) is 30.0 Å². The van der Waals surface area contributed by atoms with Crippen molar-refractivity contribution in [3.05, 3.63) is 36.0 Å². The van der Waals surface area contributed by atoms with Gasteiger partial charge in [0.25, 0.3) is 0 Å². The lowest BCUT2D eigenvalue weighted by Gasteiger charge is -2.00. The third-order valence-corrected chi connectivity index (χ3v) is 3.14. The maximum Gasteiger partial charge on any atom is 0.307 e. The van der Waals surface area contributed by atoms with Crippen LogP contribution >= 0.6 is 0 Å². The van der Waals surface area contributed by atoms with E-state index in [4.69, 9.17) is 5.11 Å². The fourth-order valence-corrected chi connectivity index (χ4v) is 2.24. The van der Waals surface area contributed by atoms with Gasteiger partial charge in [0.1, 0.15) is 0 Å². The smallest absolute Gasteiger partial charge is 0.307 e. The van der Waals surface area contributed by atoms with Gasteiger partial charge in [-0.15, -0.1) is 0 Å². The van der Waals surface area contributed by atoms with Crippen LogP contribution in [0.5, 0.6) is 0 Å². The van der Waals surface area contributed by atoms with E-state index in [0.29, 0.717) is 0 Å². The molecule has 3 heteroatoms. The predicted octanol–water partition coefficient (Wildman–Crippen LogP) is 2.36. The number of carboxylic acids is 1. The lowest BCUT2D eigenvalue weighted by Crippen LogP contribution is -1.98. The zero-order chi connectivity index (χ0) is 10.4. The third kappa shape index (κ3) is 1.23. The SMILES string of the molecule is O=C(O)[C@@H]1C[C@H]1c1cccc2[nH]ccc12. The molecule has 0 bridgehead atoms. The van der Waals surface area contributed by atoms with Crippen molar-refractivity contribution in [2.75, 3.05) is 0 Å². The van der Waals surface area contributed by atoms with Crippen molar-refractivity contribution in [3.8, 4) is 0 Å². The van der Waals surface area contributed by atoms with Gasteiger partial charge in [-0.25, -0.2) is 0 Å². The van der Waals surface area contributed by atoms with E-state index in [9.17, 15) is 4.79 Å². The monoisotopic (exact) mass is 201 g/mol. The maximum atomic E-state index is 10.8. The van der Waals surface area contributed by atoms with Crippen molar-refractivity contribution >= 4 is 16.9 Å². The first kappa shape index (κ1) is 8.53. The molecule has 0 unspecified atom stereocenters. The van der Waals surface area contributed by atoms with Crippen LogP contribution in [0.4, 0.5) is 0 Å². The molecule has 1 saturated carbocycles. The lowest BCUT2D eigenvalue weighted by molar-refractivity contribution is -0.138. The highest BCUT2D eigenvalue weighted by molar-refractivity contribution is 5.86. The first-order valence-corrected chi connectivity index (χ1v) is 5.06. The van der Waals surface area contributed by atoms with Gasteiger partial charge < -0.3 is 10.1 Å². The van der Waals surface area contributed by atoms with Gasteiger partial charge in [0.2, 0.25) is 0 Å². The Morgan fingerprint density at radius 2 is 2.27 bits per heavy atom. The zero-order valence-electron chi connectivity index (χ0n) is 8.10. The van der Waals surface area contributed by atoms with Crippen LogP contribution in [0, 0.1) is 5.92 Å². The van der Waals surface area contributed by atoms with Crippen LogP contribution in [0.3, 0.4) is 0 Å². The molecule has 0 amide bonds. The van der Waals surface area contributed by atoms with Gasteiger partial charge in [-0.3, -0.25) is 4.79 Å². The third-order valence-electron chi connectivity index (χ3n) is 3.14. The molecule has 1 aromatic carbocycles. The molecule has 2 N–H and O–H groups in total. The Balaban J connectivity index is 2.05. The van der Waals surface area contributed by atoms with Gasteiger partial charge >= 0.3 is 5.97 Å². The summed E-state index contributed by atoms with van der Waals surface area (Å²) in [6.07, 6.45) is 2.67. The summed E-state index contributed by atoms with van der Waals surface area (Å²) in [5.74, 6) is -0.639. The summed E-state index contributed by atoms with van der Waals surface area (Å²) < 4.78 is 0. The molecule has 1 heterocycles. The van der Waals surface area contributed by atoms with Crippen LogP contribution in [0.1, 0.15) is 17.9 Å². The Kier molecular flexibility index (Phi) is 1.63. The highest BCUT2D eigenvalue weighted by Gasteiger charge is 2.44. The number of hydrogen-bond acceptors (Lipinski definition) is 1. The Bertz CT molecular complexity index is 529. The molecule has 1 aromatic heterocycles. The second kappa shape index (κ2) is 2.86. The molecule has 15 heavy (non-hydrogen) atoms. The number of fused-ring (bicyclic) bond motifs is 1. The molecule has 3 rings (SSSR count). The minimum Gasteiger partial charge on any atom is -0.481 e. The second-order valence-electron chi connectivity index (χ2n) is 4.07. The van der Waals surface area contributed by atoms with E-state index in [2.05, 4.69) is 4.98 Å². The summed E-state index contributed by atoms with van der Waals surface area (Å²) in [5, 5.41) is 10.1. The summed E-state index contributed by atoms with van der Waals surface area (Å²) in [6.45, 7) is 0. The fourth-order valence-electron chi connectivity index (χ4n) is 2.24. The van der Waals surface area contributed by atoms with Crippen molar-refractivity contribution < 1.29 is 9.90 Å². The highest BCUT2D eigenvalue weighted by Crippen LogP contribution is 2.49. The average Bonchev–Trinajstić information content (AvgIpc) is 2.87. The molecule has 3 nitrogen and oxygen atoms in total. The fraction of sp³-hybridized carbons (Fsp3) is 0.250. The van der Waals surface area contributed by atoms with E-state index in [1.165, 1.54) is 5.56 Å². The quantitative estimate of drug-likeness (QED) is 0.783. The van der Waals surface area contributed by atoms with Crippen LogP contribution in [-0.2, 0) is 4.79 Å². The average molecular weight is 201 g/mol. The normalized spacial score (nSPS) is 24.3. The Morgan fingerprint density at radius 1 is 1.40 bits per heavy atom. The van der Waals surface area contributed by atoms with Crippen molar-refractivity contribution in [1.29, 1.82) is 0 Å². The summed E-state index contributed by atoms with van der Waals surface area (Å²) in [6, 6.07) is 8.04. The molecule has 0 saturated heterocycles. The molecule has 0 spiro atoms. The topological polar surface area (TPSA) is 53.1 Å². The first-order chi connectivity index (χ1) is 7.27. The number of H-pyrrole nitrogens is 1. The van der Waals surface area contributed by atoms with Gasteiger partial charge in [0.15, 0.2) is 0 Å². The number of nitrogens with one attached hydrogen (secondary N) is 1. The van der Waals surface area contributed by atoms with Gasteiger partial charge in [-0.2, -0.15) is 0 Å². The second-order valence-corrected chi connectivity index (χ2v) is 4.07. The van der Waals surface area contributed by atoms with Crippen molar-refractivity contribution in [1.82, 2.24) is 4.98 Å². The van der Waals surface area contributed by atoms with Gasteiger partial charge in [-0.1, -0.05) is 12.1 Å². The van der Waals surface area contributed by atoms with E-state index in [-0.39, 0.29) is 11.8 Å². The zero-order valence-corrected chi connectivity index (χ0v) is 8.10. The molecule has 1 fully saturated rings. The summed E-state index contributed by atoms with van der Waals surface area (Å²) >= 11 is 0. The molecule has 1 aliphatic carbocycles. The Labute approximate surface area is 86.7 Å². The number of carboxylic acid groups (broad SMARTS) is 1. The predicted molar refractivity (Wildman–Crippen MR) is 56.8 cm³/mol. The summed E-state index contributed by atoms with van der Waals surface area (Å²) in [4.78, 5) is 14.0. The van der Waals surface area contributed by atoms with Gasteiger partial charge in [0.05, 0.1) is 5.92 Å². The number of aromatic amines is 1. The van der Waals surface area contributed by atoms with Crippen molar-refractivity contribution in [2.45, 2.75) is 12.3 Å². The largest absolute Gasteiger partial charge is 0.481 e. The van der Waals surface area contributed by atoms with E-state index in [0.717, 1.165) is 17.3 Å². The van der Waals surface area contributed by atoms with Crippen LogP contribution in [0.2, 0.25) is 0 Å². The molecule has 2 aromatic rings. The number of rotatable bonds is 2. The Hall–Kier alpha value is -1.77. The van der Waals surface area contributed by atoms with Crippen molar-refractivity contribution in [2.24, 2.45) is 5.92 Å². The molecular weight excluding hydrogens is 190 g/mol.